The van der Waals surface area contributed by atoms with E-state index >= 15 is 0 Å². The van der Waals surface area contributed by atoms with Gasteiger partial charge in [-0.05, 0) is 72.9 Å². The van der Waals surface area contributed by atoms with Gasteiger partial charge >= 0.3 is 6.09 Å². The van der Waals surface area contributed by atoms with Crippen LogP contribution in [-0.4, -0.2) is 67.4 Å². The van der Waals surface area contributed by atoms with Crippen LogP contribution in [0.2, 0.25) is 0 Å². The molecule has 0 atom stereocenters. The Morgan fingerprint density at radius 1 is 1.03 bits per heavy atom. The summed E-state index contributed by atoms with van der Waals surface area (Å²) in [5.41, 5.74) is -0.454. The van der Waals surface area contributed by atoms with E-state index in [-0.39, 0.29) is 36.1 Å². The molecule has 1 amide bonds. The number of guanidine groups is 1. The van der Waals surface area contributed by atoms with Gasteiger partial charge in [0, 0.05) is 25.2 Å². The number of nitrogens with one attached hydrogen (secondary N) is 3. The van der Waals surface area contributed by atoms with Crippen molar-refractivity contribution in [2.75, 3.05) is 32.7 Å². The van der Waals surface area contributed by atoms with Crippen LogP contribution in [0.3, 0.4) is 0 Å². The maximum Gasteiger partial charge on any atom is 0.407 e. The number of carbonyl (C=O) groups excluding carboxylic acids is 1. The van der Waals surface area contributed by atoms with Crippen molar-refractivity contribution in [1.29, 1.82) is 0 Å². The molecule has 3 N–H and O–H groups in total. The Kier molecular flexibility index (Phi) is 14.7. The molecule has 0 saturated heterocycles. The molecule has 0 radical (unpaired) electrons. The number of hydrogen-bond acceptors (Lipinski definition) is 4. The Bertz CT molecular complexity index is 474. The van der Waals surface area contributed by atoms with E-state index in [1.807, 2.05) is 20.8 Å². The lowest BCUT2D eigenvalue weighted by Gasteiger charge is -2.31. The number of alkyl carbamates (subject to hydrolysis) is 1. The van der Waals surface area contributed by atoms with Gasteiger partial charge in [0.15, 0.2) is 5.96 Å². The summed E-state index contributed by atoms with van der Waals surface area (Å²) >= 11 is 0. The van der Waals surface area contributed by atoms with E-state index in [0.717, 1.165) is 64.4 Å². The number of ether oxygens (including phenoxy) is 1. The van der Waals surface area contributed by atoms with Crippen LogP contribution in [-0.2, 0) is 4.74 Å². The number of aliphatic imine (C=N–C) groups is 1. The molecule has 1 fully saturated rings. The third kappa shape index (κ3) is 13.2. The zero-order valence-corrected chi connectivity index (χ0v) is 21.7. The second-order valence-corrected chi connectivity index (χ2v) is 8.53. The predicted octanol–water partition coefficient (Wildman–Crippen LogP) is 3.73. The van der Waals surface area contributed by atoms with Crippen molar-refractivity contribution >= 4 is 36.0 Å². The minimum Gasteiger partial charge on any atom is -0.444 e. The van der Waals surface area contributed by atoms with Crippen molar-refractivity contribution in [3.63, 3.8) is 0 Å². The molecule has 0 unspecified atom stereocenters. The number of carbonyl (C=O) groups is 1. The minimum atomic E-state index is -0.454. The summed E-state index contributed by atoms with van der Waals surface area (Å²) in [6, 6.07) is 0.590. The summed E-state index contributed by atoms with van der Waals surface area (Å²) in [5.74, 6) is 0.901. The Labute approximate surface area is 195 Å². The van der Waals surface area contributed by atoms with E-state index in [1.54, 1.807) is 0 Å². The zero-order chi connectivity index (χ0) is 21.0. The molecule has 0 bridgehead atoms. The predicted molar refractivity (Wildman–Crippen MR) is 132 cm³/mol. The molecule has 1 saturated carbocycles. The molecule has 172 valence electrons. The van der Waals surface area contributed by atoms with Crippen molar-refractivity contribution < 1.29 is 9.53 Å². The van der Waals surface area contributed by atoms with E-state index in [0.29, 0.717) is 6.04 Å². The number of rotatable bonds is 9. The molecule has 8 heteroatoms. The van der Waals surface area contributed by atoms with E-state index in [2.05, 4.69) is 41.6 Å². The molecule has 1 aliphatic rings. The Balaban J connectivity index is 0.00000784. The van der Waals surface area contributed by atoms with Crippen molar-refractivity contribution in [2.24, 2.45) is 4.99 Å². The minimum absolute atomic E-state index is 0. The molecule has 29 heavy (non-hydrogen) atoms. The van der Waals surface area contributed by atoms with Crippen molar-refractivity contribution in [3.05, 3.63) is 0 Å². The molecular weight excluding hydrogens is 481 g/mol. The molecule has 0 spiro atoms. The maximum atomic E-state index is 11.9. The fourth-order valence-electron chi connectivity index (χ4n) is 3.42. The number of hydrogen-bond donors (Lipinski definition) is 3. The summed E-state index contributed by atoms with van der Waals surface area (Å²) in [6.45, 7) is 17.0. The van der Waals surface area contributed by atoms with Gasteiger partial charge < -0.3 is 25.6 Å². The van der Waals surface area contributed by atoms with Crippen LogP contribution in [0.1, 0.15) is 73.6 Å². The fourth-order valence-corrected chi connectivity index (χ4v) is 3.42. The second-order valence-electron chi connectivity index (χ2n) is 8.53. The number of halogens is 1. The summed E-state index contributed by atoms with van der Waals surface area (Å²) in [5, 5.41) is 9.92. The smallest absolute Gasteiger partial charge is 0.407 e. The van der Waals surface area contributed by atoms with Gasteiger partial charge in [0.05, 0.1) is 6.54 Å². The number of likely N-dealkylation sites (N-methyl/N-ethyl adjacent to an activating group) is 1. The van der Waals surface area contributed by atoms with Crippen LogP contribution < -0.4 is 16.0 Å². The monoisotopic (exact) mass is 525 g/mol. The average Bonchev–Trinajstić information content (AvgIpc) is 2.61. The average molecular weight is 526 g/mol. The first-order chi connectivity index (χ1) is 13.3. The molecule has 1 aliphatic carbocycles. The Morgan fingerprint density at radius 3 is 2.10 bits per heavy atom. The van der Waals surface area contributed by atoms with Gasteiger partial charge in [0.2, 0.25) is 0 Å². The first kappa shape index (κ1) is 28.2. The highest BCUT2D eigenvalue weighted by Gasteiger charge is 2.25. The van der Waals surface area contributed by atoms with Crippen LogP contribution in [0, 0.1) is 0 Å². The molecule has 0 aromatic rings. The van der Waals surface area contributed by atoms with E-state index in [9.17, 15) is 4.79 Å². The van der Waals surface area contributed by atoms with Crippen LogP contribution in [0.25, 0.3) is 0 Å². The molecule has 0 aromatic carbocycles. The normalized spacial score (nSPS) is 20.0. The van der Waals surface area contributed by atoms with Gasteiger partial charge in [0.1, 0.15) is 5.60 Å². The molecule has 0 aliphatic heterocycles. The van der Waals surface area contributed by atoms with Crippen LogP contribution in [0.5, 0.6) is 0 Å². The van der Waals surface area contributed by atoms with Gasteiger partial charge in [-0.3, -0.25) is 4.99 Å². The van der Waals surface area contributed by atoms with Crippen LogP contribution in [0.4, 0.5) is 4.79 Å². The van der Waals surface area contributed by atoms with Crippen molar-refractivity contribution in [3.8, 4) is 0 Å². The number of nitrogens with zero attached hydrogens (tertiary/aromatic N) is 2. The second kappa shape index (κ2) is 15.1. The summed E-state index contributed by atoms with van der Waals surface area (Å²) in [4.78, 5) is 19.1. The lowest BCUT2D eigenvalue weighted by Crippen LogP contribution is -2.48. The highest BCUT2D eigenvalue weighted by Crippen LogP contribution is 2.19. The molecule has 0 aromatic heterocycles. The first-order valence-electron chi connectivity index (χ1n) is 11.0. The highest BCUT2D eigenvalue weighted by molar-refractivity contribution is 14.0. The van der Waals surface area contributed by atoms with Crippen molar-refractivity contribution in [2.45, 2.75) is 91.3 Å². The highest BCUT2D eigenvalue weighted by atomic mass is 127. The molecule has 0 heterocycles. The summed E-state index contributed by atoms with van der Waals surface area (Å²) in [7, 11) is 0. The standard InChI is InChI=1S/C21H43N5O2.HI/c1-7-15-26(9-3)16-14-23-19(22-8-2)24-17-10-12-18(13-11-17)25-20(27)28-21(4,5)6;/h17-18H,7-16H2,1-6H3,(H,25,27)(H2,22,23,24);1H. The van der Waals surface area contributed by atoms with Crippen LogP contribution >= 0.6 is 24.0 Å². The van der Waals surface area contributed by atoms with Gasteiger partial charge in [-0.25, -0.2) is 4.79 Å². The largest absolute Gasteiger partial charge is 0.444 e. The van der Waals surface area contributed by atoms with Gasteiger partial charge in [-0.1, -0.05) is 13.8 Å². The maximum absolute atomic E-state index is 11.9. The molecule has 7 nitrogen and oxygen atoms in total. The zero-order valence-electron chi connectivity index (χ0n) is 19.3. The molecule has 1 rings (SSSR count). The number of amides is 1. The van der Waals surface area contributed by atoms with Gasteiger partial charge in [0.25, 0.3) is 0 Å². The fraction of sp³-hybridized carbons (Fsp3) is 0.905. The third-order valence-electron chi connectivity index (χ3n) is 4.81. The van der Waals surface area contributed by atoms with Crippen LogP contribution in [0.15, 0.2) is 4.99 Å². The third-order valence-corrected chi connectivity index (χ3v) is 4.81. The lowest BCUT2D eigenvalue weighted by molar-refractivity contribution is 0.0490. The first-order valence-corrected chi connectivity index (χ1v) is 11.0. The Morgan fingerprint density at radius 2 is 1.62 bits per heavy atom. The van der Waals surface area contributed by atoms with Gasteiger partial charge in [-0.15, -0.1) is 24.0 Å². The van der Waals surface area contributed by atoms with E-state index in [1.165, 1.54) is 6.42 Å². The topological polar surface area (TPSA) is 78.0 Å². The summed E-state index contributed by atoms with van der Waals surface area (Å²) in [6.07, 6.45) is 4.80. The van der Waals surface area contributed by atoms with Crippen molar-refractivity contribution in [1.82, 2.24) is 20.9 Å². The Hall–Kier alpha value is -0.770. The lowest BCUT2D eigenvalue weighted by atomic mass is 9.91. The van der Waals surface area contributed by atoms with E-state index < -0.39 is 5.60 Å². The van der Waals surface area contributed by atoms with Gasteiger partial charge in [-0.2, -0.15) is 0 Å². The SMILES string of the molecule is CCCN(CC)CCN=C(NCC)NC1CCC(NC(=O)OC(C)(C)C)CC1.I. The summed E-state index contributed by atoms with van der Waals surface area (Å²) < 4.78 is 5.36. The van der Waals surface area contributed by atoms with E-state index in [4.69, 9.17) is 9.73 Å². The molecular formula is C21H44IN5O2. The quantitative estimate of drug-likeness (QED) is 0.243.